The third-order valence-electron chi connectivity index (χ3n) is 5.49. The molecule has 2 aliphatic rings. The van der Waals surface area contributed by atoms with E-state index in [9.17, 15) is 9.59 Å². The van der Waals surface area contributed by atoms with E-state index in [1.165, 1.54) is 0 Å². The number of benzene rings is 2. The minimum atomic E-state index is -0.542. The number of methoxy groups -OCH3 is 1. The number of hydrogen-bond acceptors (Lipinski definition) is 7. The van der Waals surface area contributed by atoms with Crippen molar-refractivity contribution in [2.75, 3.05) is 20.3 Å². The van der Waals surface area contributed by atoms with E-state index in [1.54, 1.807) is 25.8 Å². The number of carbonyl (C=O) groups is 2. The number of ether oxygens (including phenoxy) is 3. The van der Waals surface area contributed by atoms with Gasteiger partial charge in [-0.05, 0) is 43.2 Å². The Bertz CT molecular complexity index is 1100. The van der Waals surface area contributed by atoms with Gasteiger partial charge in [-0.3, -0.25) is 0 Å². The number of cyclic esters (lactones) is 1. The van der Waals surface area contributed by atoms with Crippen LogP contribution in [-0.4, -0.2) is 32.3 Å². The summed E-state index contributed by atoms with van der Waals surface area (Å²) in [6, 6.07) is 15.8. The van der Waals surface area contributed by atoms with Gasteiger partial charge in [0, 0.05) is 16.3 Å². The molecule has 1 unspecified atom stereocenters. The molecule has 0 spiro atoms. The molecule has 7 heteroatoms. The molecule has 6 nitrogen and oxygen atoms in total. The van der Waals surface area contributed by atoms with Crippen LogP contribution in [0.1, 0.15) is 30.9 Å². The lowest BCUT2D eigenvalue weighted by molar-refractivity contribution is -0.138. The number of rotatable bonds is 7. The van der Waals surface area contributed by atoms with E-state index in [1.807, 2.05) is 55.5 Å². The second-order valence-electron chi connectivity index (χ2n) is 7.46. The van der Waals surface area contributed by atoms with Gasteiger partial charge in [-0.15, -0.1) is 11.8 Å². The van der Waals surface area contributed by atoms with Crippen LogP contribution in [0.25, 0.3) is 0 Å². The Labute approximate surface area is 191 Å². The summed E-state index contributed by atoms with van der Waals surface area (Å²) in [7, 11) is 1.65. The first-order valence-electron chi connectivity index (χ1n) is 10.4. The molecule has 4 rings (SSSR count). The number of esters is 2. The average Bonchev–Trinajstić information content (AvgIpc) is 3.17. The van der Waals surface area contributed by atoms with Crippen LogP contribution in [0.3, 0.4) is 0 Å². The van der Waals surface area contributed by atoms with Crippen LogP contribution in [0.15, 0.2) is 76.0 Å². The number of thioether (sulfide) groups is 1. The zero-order valence-corrected chi connectivity index (χ0v) is 19.1. The van der Waals surface area contributed by atoms with Gasteiger partial charge in [-0.1, -0.05) is 30.3 Å². The molecule has 0 saturated heterocycles. The standard InChI is InChI=1S/C25H25NO5S/c1-4-30-24(27)21-15(2)26-19-13-31-25(28)23(19)22(21)18-7-5-6-8-20(18)32-14-16-9-11-17(29-3)12-10-16/h5-12,22,26H,4,13-14H2,1-3H3. The molecule has 0 fully saturated rings. The molecule has 2 aliphatic heterocycles. The van der Waals surface area contributed by atoms with Crippen molar-refractivity contribution in [1.82, 2.24) is 5.32 Å². The molecular weight excluding hydrogens is 426 g/mol. The van der Waals surface area contributed by atoms with Gasteiger partial charge >= 0.3 is 11.9 Å². The van der Waals surface area contributed by atoms with Gasteiger partial charge in [-0.25, -0.2) is 9.59 Å². The van der Waals surface area contributed by atoms with Gasteiger partial charge in [0.15, 0.2) is 0 Å². The summed E-state index contributed by atoms with van der Waals surface area (Å²) >= 11 is 1.66. The quantitative estimate of drug-likeness (QED) is 0.496. The number of hydrogen-bond donors (Lipinski definition) is 1. The van der Waals surface area contributed by atoms with E-state index >= 15 is 0 Å². The SMILES string of the molecule is CCOC(=O)C1=C(C)NC2=C(C(=O)OC2)C1c1ccccc1SCc1ccc(OC)cc1. The largest absolute Gasteiger partial charge is 0.497 e. The minimum Gasteiger partial charge on any atom is -0.497 e. The van der Waals surface area contributed by atoms with Crippen LogP contribution in [0.2, 0.25) is 0 Å². The molecule has 0 radical (unpaired) electrons. The maximum atomic E-state index is 12.9. The van der Waals surface area contributed by atoms with Gasteiger partial charge in [0.05, 0.1) is 36.5 Å². The summed E-state index contributed by atoms with van der Waals surface area (Å²) in [6.07, 6.45) is 0. The Morgan fingerprint density at radius 1 is 1.19 bits per heavy atom. The van der Waals surface area contributed by atoms with Crippen molar-refractivity contribution in [2.24, 2.45) is 0 Å². The summed E-state index contributed by atoms with van der Waals surface area (Å²) < 4.78 is 15.9. The fourth-order valence-corrected chi connectivity index (χ4v) is 5.03. The Morgan fingerprint density at radius 2 is 1.94 bits per heavy atom. The van der Waals surface area contributed by atoms with E-state index in [0.717, 1.165) is 27.5 Å². The lowest BCUT2D eigenvalue weighted by atomic mass is 9.81. The van der Waals surface area contributed by atoms with E-state index in [4.69, 9.17) is 14.2 Å². The number of allylic oxidation sites excluding steroid dienone is 1. The molecule has 0 saturated carbocycles. The van der Waals surface area contributed by atoms with Crippen molar-refractivity contribution in [3.8, 4) is 5.75 Å². The monoisotopic (exact) mass is 451 g/mol. The van der Waals surface area contributed by atoms with Gasteiger partial charge < -0.3 is 19.5 Å². The number of nitrogens with one attached hydrogen (secondary N) is 1. The summed E-state index contributed by atoms with van der Waals surface area (Å²) in [5.41, 5.74) is 4.36. The van der Waals surface area contributed by atoms with E-state index in [0.29, 0.717) is 22.5 Å². The molecule has 1 N–H and O–H groups in total. The maximum absolute atomic E-state index is 12.9. The average molecular weight is 452 g/mol. The van der Waals surface area contributed by atoms with Crippen LogP contribution in [-0.2, 0) is 24.8 Å². The lowest BCUT2D eigenvalue weighted by Gasteiger charge is -2.28. The topological polar surface area (TPSA) is 73.9 Å². The van der Waals surface area contributed by atoms with Crippen molar-refractivity contribution in [2.45, 2.75) is 30.4 Å². The second-order valence-corrected chi connectivity index (χ2v) is 8.48. The first-order chi connectivity index (χ1) is 15.5. The third kappa shape index (κ3) is 4.25. The molecule has 0 aliphatic carbocycles. The summed E-state index contributed by atoms with van der Waals surface area (Å²) in [5, 5.41) is 3.18. The molecule has 32 heavy (non-hydrogen) atoms. The zero-order chi connectivity index (χ0) is 22.7. The van der Waals surface area contributed by atoms with Gasteiger partial charge in [0.2, 0.25) is 0 Å². The highest BCUT2D eigenvalue weighted by Crippen LogP contribution is 2.44. The predicted molar refractivity (Wildman–Crippen MR) is 122 cm³/mol. The fourth-order valence-electron chi connectivity index (χ4n) is 3.99. The van der Waals surface area contributed by atoms with Crippen LogP contribution in [0.4, 0.5) is 0 Å². The van der Waals surface area contributed by atoms with E-state index < -0.39 is 17.9 Å². The summed E-state index contributed by atoms with van der Waals surface area (Å²) in [4.78, 5) is 26.6. The van der Waals surface area contributed by atoms with Crippen LogP contribution in [0.5, 0.6) is 5.75 Å². The molecule has 0 aromatic heterocycles. The molecule has 1 atom stereocenters. The highest BCUT2D eigenvalue weighted by Gasteiger charge is 2.42. The second kappa shape index (κ2) is 9.53. The van der Waals surface area contributed by atoms with Gasteiger partial charge in [-0.2, -0.15) is 0 Å². The highest BCUT2D eigenvalue weighted by atomic mass is 32.2. The Balaban J connectivity index is 1.71. The van der Waals surface area contributed by atoms with Crippen LogP contribution < -0.4 is 10.1 Å². The first-order valence-corrected chi connectivity index (χ1v) is 11.4. The molecule has 166 valence electrons. The van der Waals surface area contributed by atoms with E-state index in [-0.39, 0.29) is 13.2 Å². The minimum absolute atomic E-state index is 0.180. The maximum Gasteiger partial charge on any atom is 0.337 e. The number of carbonyl (C=O) groups excluding carboxylic acids is 2. The number of dihydropyridines is 1. The van der Waals surface area contributed by atoms with Crippen LogP contribution in [0, 0.1) is 0 Å². The summed E-state index contributed by atoms with van der Waals surface area (Å²) in [6.45, 7) is 4.04. The van der Waals surface area contributed by atoms with Crippen LogP contribution >= 0.6 is 11.8 Å². The van der Waals surface area contributed by atoms with Gasteiger partial charge in [0.25, 0.3) is 0 Å². The lowest BCUT2D eigenvalue weighted by Crippen LogP contribution is -2.30. The van der Waals surface area contributed by atoms with Gasteiger partial charge in [0.1, 0.15) is 12.4 Å². The normalized spacial score (nSPS) is 17.6. The Morgan fingerprint density at radius 3 is 2.66 bits per heavy atom. The molecule has 2 heterocycles. The van der Waals surface area contributed by atoms with Crippen molar-refractivity contribution >= 4 is 23.7 Å². The highest BCUT2D eigenvalue weighted by molar-refractivity contribution is 7.98. The molecule has 2 aromatic carbocycles. The van der Waals surface area contributed by atoms with Crippen molar-refractivity contribution in [3.63, 3.8) is 0 Å². The predicted octanol–water partition coefficient (Wildman–Crippen LogP) is 4.32. The van der Waals surface area contributed by atoms with Crippen molar-refractivity contribution < 1.29 is 23.8 Å². The molecule has 0 bridgehead atoms. The van der Waals surface area contributed by atoms with E-state index in [2.05, 4.69) is 5.32 Å². The summed E-state index contributed by atoms with van der Waals surface area (Å²) in [5.74, 6) is 0.179. The fraction of sp³-hybridized carbons (Fsp3) is 0.280. The Hall–Kier alpha value is -3.19. The first kappa shape index (κ1) is 22.0. The molecular formula is C25H25NO5S. The molecule has 0 amide bonds. The van der Waals surface area contributed by atoms with Crippen molar-refractivity contribution in [1.29, 1.82) is 0 Å². The smallest absolute Gasteiger partial charge is 0.337 e. The van der Waals surface area contributed by atoms with Crippen molar-refractivity contribution in [3.05, 3.63) is 82.2 Å². The molecule has 2 aromatic rings. The zero-order valence-electron chi connectivity index (χ0n) is 18.3. The Kier molecular flexibility index (Phi) is 6.55. The third-order valence-corrected chi connectivity index (χ3v) is 6.65.